The fourth-order valence-electron chi connectivity index (χ4n) is 3.41. The molecule has 0 bridgehead atoms. The molecule has 1 aliphatic rings. The molecule has 7 heteroatoms. The van der Waals surface area contributed by atoms with E-state index in [9.17, 15) is 4.79 Å². The van der Waals surface area contributed by atoms with E-state index in [1.54, 1.807) is 22.2 Å². The van der Waals surface area contributed by atoms with Crippen LogP contribution in [0.25, 0.3) is 5.69 Å². The summed E-state index contributed by atoms with van der Waals surface area (Å²) in [6.07, 6.45) is 3.99. The Morgan fingerprint density at radius 2 is 2.00 bits per heavy atom. The van der Waals surface area contributed by atoms with Crippen LogP contribution in [0.4, 0.5) is 0 Å². The van der Waals surface area contributed by atoms with Gasteiger partial charge in [0.25, 0.3) is 0 Å². The van der Waals surface area contributed by atoms with Crippen molar-refractivity contribution in [2.45, 2.75) is 12.5 Å². The normalized spacial score (nSPS) is 16.0. The van der Waals surface area contributed by atoms with E-state index in [1.165, 1.54) is 4.88 Å². The number of morpholine rings is 1. The third-order valence-corrected chi connectivity index (χ3v) is 5.85. The molecule has 1 aliphatic heterocycles. The molecule has 4 rings (SSSR count). The second-order valence-corrected chi connectivity index (χ2v) is 7.77. The lowest BCUT2D eigenvalue weighted by atomic mass is 10.1. The molecule has 146 valence electrons. The minimum atomic E-state index is 0.0161. The van der Waals surface area contributed by atoms with E-state index in [0.717, 1.165) is 37.6 Å². The van der Waals surface area contributed by atoms with Crippen molar-refractivity contribution in [3.8, 4) is 5.69 Å². The lowest BCUT2D eigenvalue weighted by Gasteiger charge is -2.34. The topological polar surface area (TPSA) is 59.4 Å². The van der Waals surface area contributed by atoms with E-state index in [2.05, 4.69) is 32.8 Å². The molecule has 6 nitrogen and oxygen atoms in total. The van der Waals surface area contributed by atoms with Crippen LogP contribution in [0.5, 0.6) is 0 Å². The van der Waals surface area contributed by atoms with Crippen LogP contribution < -0.4 is 5.32 Å². The van der Waals surface area contributed by atoms with Gasteiger partial charge in [0, 0.05) is 30.7 Å². The lowest BCUT2D eigenvalue weighted by molar-refractivity contribution is -0.120. The lowest BCUT2D eigenvalue weighted by Crippen LogP contribution is -2.43. The van der Waals surface area contributed by atoms with Crippen molar-refractivity contribution in [2.75, 3.05) is 32.8 Å². The van der Waals surface area contributed by atoms with Crippen LogP contribution in [-0.2, 0) is 16.0 Å². The molecule has 1 fully saturated rings. The molecule has 2 aromatic heterocycles. The van der Waals surface area contributed by atoms with Crippen molar-refractivity contribution in [1.29, 1.82) is 0 Å². The first-order valence-electron chi connectivity index (χ1n) is 9.50. The number of nitrogens with zero attached hydrogens (tertiary/aromatic N) is 3. The maximum Gasteiger partial charge on any atom is 0.224 e. The Kier molecular flexibility index (Phi) is 6.16. The smallest absolute Gasteiger partial charge is 0.224 e. The molecule has 0 saturated carbocycles. The first-order chi connectivity index (χ1) is 13.8. The van der Waals surface area contributed by atoms with Crippen molar-refractivity contribution < 1.29 is 9.53 Å². The van der Waals surface area contributed by atoms with E-state index < -0.39 is 0 Å². The van der Waals surface area contributed by atoms with Crippen LogP contribution in [-0.4, -0.2) is 53.4 Å². The predicted molar refractivity (Wildman–Crippen MR) is 110 cm³/mol. The van der Waals surface area contributed by atoms with Gasteiger partial charge < -0.3 is 10.1 Å². The minimum Gasteiger partial charge on any atom is -0.379 e. The monoisotopic (exact) mass is 396 g/mol. The molecule has 3 aromatic rings. The summed E-state index contributed by atoms with van der Waals surface area (Å²) in [7, 11) is 0. The van der Waals surface area contributed by atoms with Crippen LogP contribution in [0.15, 0.2) is 60.2 Å². The quantitative estimate of drug-likeness (QED) is 0.667. The van der Waals surface area contributed by atoms with E-state index in [4.69, 9.17) is 4.74 Å². The summed E-state index contributed by atoms with van der Waals surface area (Å²) in [4.78, 5) is 16.2. The van der Waals surface area contributed by atoms with Gasteiger partial charge >= 0.3 is 0 Å². The molecule has 1 unspecified atom stereocenters. The summed E-state index contributed by atoms with van der Waals surface area (Å²) in [5, 5.41) is 9.56. The number of amides is 1. The number of aromatic nitrogens is 2. The molecule has 0 radical (unpaired) electrons. The van der Waals surface area contributed by atoms with Crippen LogP contribution in [0, 0.1) is 0 Å². The minimum absolute atomic E-state index is 0.0161. The van der Waals surface area contributed by atoms with Crippen LogP contribution in [0.3, 0.4) is 0 Å². The first-order valence-corrected chi connectivity index (χ1v) is 10.4. The molecular formula is C21H24N4O2S. The van der Waals surface area contributed by atoms with E-state index in [0.29, 0.717) is 13.0 Å². The van der Waals surface area contributed by atoms with E-state index in [-0.39, 0.29) is 11.9 Å². The van der Waals surface area contributed by atoms with Gasteiger partial charge in [-0.25, -0.2) is 4.68 Å². The zero-order valence-corrected chi connectivity index (χ0v) is 16.5. The number of benzene rings is 1. The van der Waals surface area contributed by atoms with Gasteiger partial charge in [-0.3, -0.25) is 9.69 Å². The van der Waals surface area contributed by atoms with Gasteiger partial charge in [0.2, 0.25) is 5.91 Å². The summed E-state index contributed by atoms with van der Waals surface area (Å²) in [6, 6.07) is 14.3. The van der Waals surface area contributed by atoms with Crippen molar-refractivity contribution in [2.24, 2.45) is 0 Å². The zero-order valence-electron chi connectivity index (χ0n) is 15.7. The van der Waals surface area contributed by atoms with Gasteiger partial charge in [0.15, 0.2) is 0 Å². The van der Waals surface area contributed by atoms with Gasteiger partial charge in [0.05, 0.1) is 37.6 Å². The second-order valence-electron chi connectivity index (χ2n) is 6.79. The number of rotatable bonds is 7. The van der Waals surface area contributed by atoms with Gasteiger partial charge in [-0.1, -0.05) is 24.3 Å². The first kappa shape index (κ1) is 18.9. The van der Waals surface area contributed by atoms with Gasteiger partial charge in [-0.15, -0.1) is 11.3 Å². The number of para-hydroxylation sites is 1. The molecule has 0 aliphatic carbocycles. The van der Waals surface area contributed by atoms with Gasteiger partial charge in [0.1, 0.15) is 0 Å². The number of nitrogens with one attached hydrogen (secondary N) is 1. The van der Waals surface area contributed by atoms with Crippen molar-refractivity contribution in [3.05, 3.63) is 70.7 Å². The molecule has 0 spiro atoms. The summed E-state index contributed by atoms with van der Waals surface area (Å²) in [5.74, 6) is 0.0161. The highest BCUT2D eigenvalue weighted by molar-refractivity contribution is 7.10. The molecule has 1 atom stereocenters. The standard InChI is InChI=1S/C21H24N4O2S/c26-21(13-17-14-23-25(16-17)18-5-2-1-3-6-18)22-15-19(20-7-4-12-28-20)24-8-10-27-11-9-24/h1-7,12,14,16,19H,8-11,13,15H2,(H,22,26). The van der Waals surface area contributed by atoms with Gasteiger partial charge in [-0.05, 0) is 29.1 Å². The third kappa shape index (κ3) is 4.67. The fraction of sp³-hybridized carbons (Fsp3) is 0.333. The molecule has 3 heterocycles. The Bertz CT molecular complexity index is 873. The summed E-state index contributed by atoms with van der Waals surface area (Å²) in [6.45, 7) is 3.87. The fourth-order valence-corrected chi connectivity index (χ4v) is 4.27. The highest BCUT2D eigenvalue weighted by Crippen LogP contribution is 2.25. The zero-order chi connectivity index (χ0) is 19.2. The number of hydrogen-bond donors (Lipinski definition) is 1. The number of ether oxygens (including phenoxy) is 1. The summed E-state index contributed by atoms with van der Waals surface area (Å²) in [5.41, 5.74) is 1.89. The number of thiophene rings is 1. The average molecular weight is 397 g/mol. The maximum atomic E-state index is 12.5. The van der Waals surface area contributed by atoms with Crippen molar-refractivity contribution >= 4 is 17.2 Å². The Hall–Kier alpha value is -2.48. The number of carbonyl (C=O) groups is 1. The Balaban J connectivity index is 1.35. The highest BCUT2D eigenvalue weighted by atomic mass is 32.1. The van der Waals surface area contributed by atoms with Crippen LogP contribution >= 0.6 is 11.3 Å². The average Bonchev–Trinajstić information content (AvgIpc) is 3.42. The molecule has 1 N–H and O–H groups in total. The predicted octanol–water partition coefficient (Wildman–Crippen LogP) is 2.67. The molecule has 28 heavy (non-hydrogen) atoms. The van der Waals surface area contributed by atoms with Crippen LogP contribution in [0.2, 0.25) is 0 Å². The Morgan fingerprint density at radius 3 is 2.75 bits per heavy atom. The highest BCUT2D eigenvalue weighted by Gasteiger charge is 2.24. The Labute approximate surface area is 168 Å². The molecule has 1 aromatic carbocycles. The second kappa shape index (κ2) is 9.14. The van der Waals surface area contributed by atoms with E-state index in [1.807, 2.05) is 36.5 Å². The Morgan fingerprint density at radius 1 is 1.18 bits per heavy atom. The largest absolute Gasteiger partial charge is 0.379 e. The third-order valence-electron chi connectivity index (χ3n) is 4.87. The SMILES string of the molecule is O=C(Cc1cnn(-c2ccccc2)c1)NCC(c1cccs1)N1CCOCC1. The van der Waals surface area contributed by atoms with Crippen molar-refractivity contribution in [3.63, 3.8) is 0 Å². The molecular weight excluding hydrogens is 372 g/mol. The van der Waals surface area contributed by atoms with E-state index >= 15 is 0 Å². The van der Waals surface area contributed by atoms with Gasteiger partial charge in [-0.2, -0.15) is 5.10 Å². The molecule has 1 amide bonds. The van der Waals surface area contributed by atoms with Crippen LogP contribution in [0.1, 0.15) is 16.5 Å². The molecule has 1 saturated heterocycles. The number of hydrogen-bond acceptors (Lipinski definition) is 5. The number of carbonyl (C=O) groups excluding carboxylic acids is 1. The summed E-state index contributed by atoms with van der Waals surface area (Å²) >= 11 is 1.73. The maximum absolute atomic E-state index is 12.5. The summed E-state index contributed by atoms with van der Waals surface area (Å²) < 4.78 is 7.27. The van der Waals surface area contributed by atoms with Crippen molar-refractivity contribution in [1.82, 2.24) is 20.0 Å².